The number of carbonyl (C=O) groups excluding carboxylic acids is 1. The standard InChI is InChI=1S/C13H15ClFN3O2/c1-3-16-13(19)7-18-10-5-11(20-2)8(15)4-9(10)17-12(18)6-14/h4-5H,3,6-7H2,1-2H3,(H,16,19). The SMILES string of the molecule is CCNC(=O)Cn1c(CCl)nc2cc(F)c(OC)cc21. The van der Waals surface area contributed by atoms with E-state index in [0.29, 0.717) is 23.4 Å². The summed E-state index contributed by atoms with van der Waals surface area (Å²) in [6.07, 6.45) is 0. The van der Waals surface area contributed by atoms with Gasteiger partial charge in [-0.2, -0.15) is 0 Å². The number of nitrogens with zero attached hydrogens (tertiary/aromatic N) is 2. The second kappa shape index (κ2) is 6.09. The van der Waals surface area contributed by atoms with Gasteiger partial charge in [0.1, 0.15) is 12.4 Å². The fourth-order valence-corrected chi connectivity index (χ4v) is 2.21. The van der Waals surface area contributed by atoms with Crippen LogP contribution in [0, 0.1) is 5.82 Å². The fourth-order valence-electron chi connectivity index (χ4n) is 2.01. The lowest BCUT2D eigenvalue weighted by Crippen LogP contribution is -2.27. The molecule has 0 aliphatic rings. The average molecular weight is 300 g/mol. The molecule has 0 radical (unpaired) electrons. The van der Waals surface area contributed by atoms with Gasteiger partial charge in [0.25, 0.3) is 0 Å². The van der Waals surface area contributed by atoms with Gasteiger partial charge >= 0.3 is 0 Å². The summed E-state index contributed by atoms with van der Waals surface area (Å²) in [5, 5.41) is 2.70. The molecule has 20 heavy (non-hydrogen) atoms. The minimum Gasteiger partial charge on any atom is -0.494 e. The van der Waals surface area contributed by atoms with Crippen LogP contribution in [0.5, 0.6) is 5.75 Å². The Morgan fingerprint density at radius 1 is 1.55 bits per heavy atom. The predicted octanol–water partition coefficient (Wildman–Crippen LogP) is 2.06. The summed E-state index contributed by atoms with van der Waals surface area (Å²) >= 11 is 5.84. The number of ether oxygens (including phenoxy) is 1. The van der Waals surface area contributed by atoms with Crippen LogP contribution >= 0.6 is 11.6 Å². The van der Waals surface area contributed by atoms with E-state index in [4.69, 9.17) is 16.3 Å². The van der Waals surface area contributed by atoms with Crippen molar-refractivity contribution in [3.05, 3.63) is 23.8 Å². The van der Waals surface area contributed by atoms with E-state index in [-0.39, 0.29) is 24.1 Å². The third-order valence-corrected chi connectivity index (χ3v) is 3.14. The van der Waals surface area contributed by atoms with Crippen molar-refractivity contribution >= 4 is 28.5 Å². The van der Waals surface area contributed by atoms with Gasteiger partial charge in [-0.15, -0.1) is 11.6 Å². The molecule has 0 aliphatic carbocycles. The third kappa shape index (κ3) is 2.70. The lowest BCUT2D eigenvalue weighted by Gasteiger charge is -2.08. The third-order valence-electron chi connectivity index (χ3n) is 2.90. The number of methoxy groups -OCH3 is 1. The highest BCUT2D eigenvalue weighted by molar-refractivity contribution is 6.16. The lowest BCUT2D eigenvalue weighted by atomic mass is 10.3. The largest absolute Gasteiger partial charge is 0.494 e. The minimum atomic E-state index is -0.496. The number of likely N-dealkylation sites (N-methyl/N-ethyl adjacent to an activating group) is 1. The lowest BCUT2D eigenvalue weighted by molar-refractivity contribution is -0.121. The maximum atomic E-state index is 13.7. The Morgan fingerprint density at radius 3 is 2.90 bits per heavy atom. The fraction of sp³-hybridized carbons (Fsp3) is 0.385. The molecule has 7 heteroatoms. The highest BCUT2D eigenvalue weighted by atomic mass is 35.5. The van der Waals surface area contributed by atoms with Crippen molar-refractivity contribution in [1.29, 1.82) is 0 Å². The van der Waals surface area contributed by atoms with Crippen molar-refractivity contribution in [1.82, 2.24) is 14.9 Å². The topological polar surface area (TPSA) is 56.2 Å². The van der Waals surface area contributed by atoms with Crippen molar-refractivity contribution < 1.29 is 13.9 Å². The highest BCUT2D eigenvalue weighted by Gasteiger charge is 2.16. The van der Waals surface area contributed by atoms with Gasteiger partial charge in [0.05, 0.1) is 24.0 Å². The van der Waals surface area contributed by atoms with Crippen LogP contribution in [0.2, 0.25) is 0 Å². The molecule has 2 aromatic rings. The first-order chi connectivity index (χ1) is 9.60. The molecule has 108 valence electrons. The van der Waals surface area contributed by atoms with Crippen molar-refractivity contribution in [3.63, 3.8) is 0 Å². The molecule has 0 spiro atoms. The number of alkyl halides is 1. The average Bonchev–Trinajstić information content (AvgIpc) is 2.75. The summed E-state index contributed by atoms with van der Waals surface area (Å²) in [6.45, 7) is 2.46. The van der Waals surface area contributed by atoms with Crippen molar-refractivity contribution in [2.75, 3.05) is 13.7 Å². The maximum Gasteiger partial charge on any atom is 0.239 e. The van der Waals surface area contributed by atoms with Crippen LogP contribution in [-0.4, -0.2) is 29.1 Å². The molecule has 0 fully saturated rings. The van der Waals surface area contributed by atoms with Gasteiger partial charge in [-0.1, -0.05) is 0 Å². The summed E-state index contributed by atoms with van der Waals surface area (Å²) in [7, 11) is 1.39. The minimum absolute atomic E-state index is 0.0845. The van der Waals surface area contributed by atoms with Crippen LogP contribution in [0.4, 0.5) is 4.39 Å². The molecule has 1 N–H and O–H groups in total. The Balaban J connectivity index is 2.52. The predicted molar refractivity (Wildman–Crippen MR) is 74.5 cm³/mol. The maximum absolute atomic E-state index is 13.7. The monoisotopic (exact) mass is 299 g/mol. The van der Waals surface area contributed by atoms with Gasteiger partial charge in [-0.3, -0.25) is 4.79 Å². The normalized spacial score (nSPS) is 10.8. The quantitative estimate of drug-likeness (QED) is 0.860. The molecule has 1 heterocycles. The summed E-state index contributed by atoms with van der Waals surface area (Å²) in [6, 6.07) is 2.80. The Morgan fingerprint density at radius 2 is 2.30 bits per heavy atom. The Bertz CT molecular complexity index is 642. The molecule has 1 amide bonds. The molecular weight excluding hydrogens is 285 g/mol. The number of nitrogens with one attached hydrogen (secondary N) is 1. The summed E-state index contributed by atoms with van der Waals surface area (Å²) in [5.74, 6) is 0.111. The van der Waals surface area contributed by atoms with Crippen molar-refractivity contribution in [2.45, 2.75) is 19.3 Å². The number of hydrogen-bond acceptors (Lipinski definition) is 3. The van der Waals surface area contributed by atoms with Crippen LogP contribution < -0.4 is 10.1 Å². The number of imidazole rings is 1. The molecule has 0 bridgehead atoms. The number of aromatic nitrogens is 2. The van der Waals surface area contributed by atoms with E-state index in [1.54, 1.807) is 4.57 Å². The number of halogens is 2. The second-order valence-corrected chi connectivity index (χ2v) is 4.44. The molecule has 0 aliphatic heterocycles. The Labute approximate surface area is 120 Å². The molecule has 1 aromatic carbocycles. The molecular formula is C13H15ClFN3O2. The van der Waals surface area contributed by atoms with Gasteiger partial charge in [-0.05, 0) is 6.92 Å². The van der Waals surface area contributed by atoms with Crippen LogP contribution in [0.25, 0.3) is 11.0 Å². The van der Waals surface area contributed by atoms with Gasteiger partial charge in [0.15, 0.2) is 11.6 Å². The summed E-state index contributed by atoms with van der Waals surface area (Å²) in [4.78, 5) is 16.0. The number of benzene rings is 1. The number of carbonyl (C=O) groups is 1. The number of hydrogen-bond donors (Lipinski definition) is 1. The van der Waals surface area contributed by atoms with E-state index in [1.807, 2.05) is 6.92 Å². The Hall–Kier alpha value is -1.82. The van der Waals surface area contributed by atoms with E-state index >= 15 is 0 Å². The van der Waals surface area contributed by atoms with Crippen LogP contribution in [0.15, 0.2) is 12.1 Å². The number of fused-ring (bicyclic) bond motifs is 1. The summed E-state index contributed by atoms with van der Waals surface area (Å²) in [5.41, 5.74) is 1.06. The van der Waals surface area contributed by atoms with Crippen molar-refractivity contribution in [3.8, 4) is 5.75 Å². The molecule has 5 nitrogen and oxygen atoms in total. The van der Waals surface area contributed by atoms with E-state index < -0.39 is 5.82 Å². The van der Waals surface area contributed by atoms with Gasteiger partial charge < -0.3 is 14.6 Å². The molecule has 1 aromatic heterocycles. The summed E-state index contributed by atoms with van der Waals surface area (Å²) < 4.78 is 20.3. The number of rotatable bonds is 5. The second-order valence-electron chi connectivity index (χ2n) is 4.18. The van der Waals surface area contributed by atoms with Crippen LogP contribution in [0.1, 0.15) is 12.7 Å². The molecule has 2 rings (SSSR count). The zero-order valence-electron chi connectivity index (χ0n) is 11.2. The van der Waals surface area contributed by atoms with E-state index in [9.17, 15) is 9.18 Å². The van der Waals surface area contributed by atoms with Crippen LogP contribution in [0.3, 0.4) is 0 Å². The van der Waals surface area contributed by atoms with Gasteiger partial charge in [0, 0.05) is 18.7 Å². The highest BCUT2D eigenvalue weighted by Crippen LogP contribution is 2.26. The zero-order chi connectivity index (χ0) is 14.7. The van der Waals surface area contributed by atoms with E-state index in [2.05, 4.69) is 10.3 Å². The van der Waals surface area contributed by atoms with Crippen LogP contribution in [-0.2, 0) is 17.2 Å². The van der Waals surface area contributed by atoms with E-state index in [1.165, 1.54) is 19.2 Å². The van der Waals surface area contributed by atoms with Gasteiger partial charge in [-0.25, -0.2) is 9.37 Å². The molecule has 0 atom stereocenters. The number of amides is 1. The van der Waals surface area contributed by atoms with Gasteiger partial charge in [0.2, 0.25) is 5.91 Å². The van der Waals surface area contributed by atoms with Crippen molar-refractivity contribution in [2.24, 2.45) is 0 Å². The van der Waals surface area contributed by atoms with E-state index in [0.717, 1.165) is 0 Å². The first-order valence-corrected chi connectivity index (χ1v) is 6.69. The molecule has 0 saturated heterocycles. The first-order valence-electron chi connectivity index (χ1n) is 6.16. The zero-order valence-corrected chi connectivity index (χ0v) is 12.0. The smallest absolute Gasteiger partial charge is 0.239 e. The first kappa shape index (κ1) is 14.6. The molecule has 0 unspecified atom stereocenters. The Kier molecular flexibility index (Phi) is 4.44. The molecule has 0 saturated carbocycles.